The maximum absolute atomic E-state index is 3.98. The molecule has 0 atom stereocenters. The summed E-state index contributed by atoms with van der Waals surface area (Å²) in [6.07, 6.45) is 1.95. The van der Waals surface area contributed by atoms with Crippen LogP contribution in [0.25, 0.3) is 0 Å². The van der Waals surface area contributed by atoms with Crippen LogP contribution in [0.15, 0.2) is 11.7 Å². The van der Waals surface area contributed by atoms with Gasteiger partial charge >= 0.3 is 0 Å². The van der Waals surface area contributed by atoms with Crippen molar-refractivity contribution < 1.29 is 5.48 Å². The van der Waals surface area contributed by atoms with E-state index in [-0.39, 0.29) is 13.4 Å². The van der Waals surface area contributed by atoms with E-state index in [1.54, 1.807) is 11.3 Å². The fourth-order valence-electron chi connectivity index (χ4n) is 0.430. The highest BCUT2D eigenvalue weighted by Crippen LogP contribution is 2.24. The third-order valence-corrected chi connectivity index (χ3v) is 3.84. The molecule has 1 aromatic heterocycles. The Morgan fingerprint density at radius 3 is 2.44 bits per heavy atom. The molecule has 0 spiro atoms. The number of hydrogen-bond acceptors (Lipinski definition) is 2. The van der Waals surface area contributed by atoms with Crippen LogP contribution in [0.5, 0.6) is 0 Å². The van der Waals surface area contributed by atoms with Crippen LogP contribution in [0, 0.1) is 0 Å². The third-order valence-electron chi connectivity index (χ3n) is 0.860. The zero-order valence-corrected chi connectivity index (χ0v) is 7.17. The fraction of sp³-hybridized carbons (Fsp3) is 0.400. The van der Waals surface area contributed by atoms with Crippen LogP contribution in [-0.2, 0) is 0 Å². The monoisotopic (exact) mass is 163 g/mol. The van der Waals surface area contributed by atoms with Gasteiger partial charge in [0.1, 0.15) is 0 Å². The van der Waals surface area contributed by atoms with Crippen LogP contribution in [0.1, 0.15) is 0 Å². The second-order valence-corrected chi connectivity index (χ2v) is 5.19. The summed E-state index contributed by atoms with van der Waals surface area (Å²) in [7, 11) is 0.0975. The Balaban J connectivity index is 0.000000640. The van der Waals surface area contributed by atoms with E-state index < -0.39 is 0 Å². The first-order valence-electron chi connectivity index (χ1n) is 2.36. The summed E-state index contributed by atoms with van der Waals surface area (Å²) in [4.78, 5) is 3.98. The molecule has 0 aromatic carbocycles. The summed E-state index contributed by atoms with van der Waals surface area (Å²) < 4.78 is 1.43. The molecule has 9 heavy (non-hydrogen) atoms. The van der Waals surface area contributed by atoms with Crippen molar-refractivity contribution >= 4 is 23.9 Å². The van der Waals surface area contributed by atoms with Crippen LogP contribution >= 0.6 is 19.3 Å². The zero-order chi connectivity index (χ0) is 5.98. The van der Waals surface area contributed by atoms with Crippen LogP contribution in [0.3, 0.4) is 0 Å². The van der Waals surface area contributed by atoms with Gasteiger partial charge in [-0.25, -0.2) is 0 Å². The third kappa shape index (κ3) is 2.39. The van der Waals surface area contributed by atoms with Crippen molar-refractivity contribution in [2.75, 3.05) is 13.3 Å². The summed E-state index contributed by atoms with van der Waals surface area (Å²) >= 11 is 1.75. The summed E-state index contributed by atoms with van der Waals surface area (Å²) in [5, 5.41) is 0. The number of hydrogen-bond donors (Lipinski definition) is 0. The van der Waals surface area contributed by atoms with E-state index in [0.717, 1.165) is 0 Å². The van der Waals surface area contributed by atoms with E-state index >= 15 is 0 Å². The minimum absolute atomic E-state index is 0. The molecule has 1 heterocycles. The largest absolute Gasteiger partial charge is 0.412 e. The van der Waals surface area contributed by atoms with Crippen LogP contribution < -0.4 is 4.62 Å². The standard InChI is InChI=1S/C5H8NPS.H2O/c1-7(2)5-3-6-4-8-5;/h3-4H,1-2H3;1H2. The minimum atomic E-state index is 0. The summed E-state index contributed by atoms with van der Waals surface area (Å²) in [5.41, 5.74) is 1.89. The van der Waals surface area contributed by atoms with E-state index in [0.29, 0.717) is 0 Å². The minimum Gasteiger partial charge on any atom is -0.412 e. The van der Waals surface area contributed by atoms with Gasteiger partial charge in [-0.1, -0.05) is 7.92 Å². The van der Waals surface area contributed by atoms with E-state index in [1.165, 1.54) is 4.62 Å². The second kappa shape index (κ2) is 3.94. The Bertz CT molecular complexity index is 152. The lowest BCUT2D eigenvalue weighted by Crippen LogP contribution is -1.88. The zero-order valence-electron chi connectivity index (χ0n) is 5.46. The molecule has 0 fully saturated rings. The SMILES string of the molecule is CP(C)c1cncs1.O. The van der Waals surface area contributed by atoms with Gasteiger partial charge in [-0.05, 0) is 13.3 Å². The lowest BCUT2D eigenvalue weighted by molar-refractivity contribution is 0.824. The lowest BCUT2D eigenvalue weighted by Gasteiger charge is -1.95. The smallest absolute Gasteiger partial charge is 0.0798 e. The molecule has 0 aliphatic carbocycles. The predicted molar refractivity (Wildman–Crippen MR) is 44.1 cm³/mol. The van der Waals surface area contributed by atoms with Gasteiger partial charge in [0.05, 0.1) is 5.51 Å². The Morgan fingerprint density at radius 1 is 1.56 bits per heavy atom. The van der Waals surface area contributed by atoms with E-state index in [4.69, 9.17) is 0 Å². The molecule has 1 rings (SSSR count). The predicted octanol–water partition coefficient (Wildman–Crippen LogP) is 0.685. The second-order valence-electron chi connectivity index (χ2n) is 1.73. The van der Waals surface area contributed by atoms with Gasteiger partial charge in [-0.3, -0.25) is 4.98 Å². The molecule has 2 nitrogen and oxygen atoms in total. The Morgan fingerprint density at radius 2 is 2.22 bits per heavy atom. The highest BCUT2D eigenvalue weighted by Gasteiger charge is 1.96. The van der Waals surface area contributed by atoms with Crippen molar-refractivity contribution in [3.8, 4) is 0 Å². The lowest BCUT2D eigenvalue weighted by atomic mass is 11.0. The maximum Gasteiger partial charge on any atom is 0.0798 e. The van der Waals surface area contributed by atoms with Gasteiger partial charge in [-0.2, -0.15) is 0 Å². The van der Waals surface area contributed by atoms with Gasteiger partial charge in [0.15, 0.2) is 0 Å². The van der Waals surface area contributed by atoms with Crippen molar-refractivity contribution in [1.29, 1.82) is 0 Å². The molecule has 0 radical (unpaired) electrons. The molecule has 1 aromatic rings. The Labute approximate surface area is 60.0 Å². The average Bonchev–Trinajstić information content (AvgIpc) is 2.12. The molecule has 0 amide bonds. The summed E-state index contributed by atoms with van der Waals surface area (Å²) in [5.74, 6) is 0. The first-order valence-corrected chi connectivity index (χ1v) is 5.48. The summed E-state index contributed by atoms with van der Waals surface area (Å²) in [6, 6.07) is 0. The van der Waals surface area contributed by atoms with Crippen molar-refractivity contribution in [2.45, 2.75) is 0 Å². The molecule has 0 saturated carbocycles. The normalized spacial score (nSPS) is 9.22. The van der Waals surface area contributed by atoms with E-state index in [2.05, 4.69) is 18.3 Å². The Hall–Kier alpha value is 0.0200. The molecule has 4 heteroatoms. The van der Waals surface area contributed by atoms with Crippen molar-refractivity contribution in [3.63, 3.8) is 0 Å². The molecular weight excluding hydrogens is 153 g/mol. The maximum atomic E-state index is 3.98. The first-order chi connectivity index (χ1) is 3.80. The topological polar surface area (TPSA) is 44.4 Å². The molecule has 52 valence electrons. The Kier molecular flexibility index (Phi) is 3.95. The molecule has 0 unspecified atom stereocenters. The van der Waals surface area contributed by atoms with Crippen molar-refractivity contribution in [3.05, 3.63) is 11.7 Å². The molecule has 0 saturated heterocycles. The molecular formula is C5H10NOPS. The van der Waals surface area contributed by atoms with Crippen LogP contribution in [0.4, 0.5) is 0 Å². The van der Waals surface area contributed by atoms with Crippen LogP contribution in [0.2, 0.25) is 0 Å². The number of nitrogens with zero attached hydrogens (tertiary/aromatic N) is 1. The highest BCUT2D eigenvalue weighted by molar-refractivity contribution is 7.70. The highest BCUT2D eigenvalue weighted by atomic mass is 32.1. The molecule has 0 aliphatic heterocycles. The number of aromatic nitrogens is 1. The quantitative estimate of drug-likeness (QED) is 0.561. The van der Waals surface area contributed by atoms with Gasteiger partial charge in [0, 0.05) is 10.8 Å². The van der Waals surface area contributed by atoms with Gasteiger partial charge < -0.3 is 5.48 Å². The number of thiazole rings is 1. The summed E-state index contributed by atoms with van der Waals surface area (Å²) in [6.45, 7) is 4.48. The molecule has 2 N–H and O–H groups in total. The van der Waals surface area contributed by atoms with Gasteiger partial charge in [0.25, 0.3) is 0 Å². The van der Waals surface area contributed by atoms with E-state index in [9.17, 15) is 0 Å². The van der Waals surface area contributed by atoms with E-state index in [1.807, 2.05) is 11.7 Å². The van der Waals surface area contributed by atoms with Crippen molar-refractivity contribution in [2.24, 2.45) is 0 Å². The van der Waals surface area contributed by atoms with Gasteiger partial charge in [0.2, 0.25) is 0 Å². The molecule has 0 aliphatic rings. The first kappa shape index (κ1) is 9.02. The fourth-order valence-corrected chi connectivity index (χ4v) is 2.06. The van der Waals surface area contributed by atoms with Gasteiger partial charge in [-0.15, -0.1) is 11.3 Å². The van der Waals surface area contributed by atoms with Crippen molar-refractivity contribution in [1.82, 2.24) is 4.98 Å². The average molecular weight is 163 g/mol. The number of rotatable bonds is 1. The van der Waals surface area contributed by atoms with Crippen LogP contribution in [-0.4, -0.2) is 23.8 Å². The molecule has 0 bridgehead atoms.